The van der Waals surface area contributed by atoms with Crippen molar-refractivity contribution in [3.8, 4) is 0 Å². The maximum absolute atomic E-state index is 12.5. The molecule has 0 aromatic rings. The Bertz CT molecular complexity index is 251. The van der Waals surface area contributed by atoms with E-state index in [0.717, 1.165) is 6.92 Å². The molecule has 0 aromatic carbocycles. The largest absolute Gasteiger partial charge is 0.266 e. The van der Waals surface area contributed by atoms with Crippen molar-refractivity contribution >= 4 is 0 Å². The zero-order chi connectivity index (χ0) is 14.7. The molecule has 0 saturated heterocycles. The van der Waals surface area contributed by atoms with E-state index in [0.29, 0.717) is 5.41 Å². The van der Waals surface area contributed by atoms with E-state index in [4.69, 9.17) is 0 Å². The second-order valence-corrected chi connectivity index (χ2v) is 6.65. The van der Waals surface area contributed by atoms with Crippen LogP contribution in [0.2, 0.25) is 0 Å². The van der Waals surface area contributed by atoms with E-state index in [-0.39, 0.29) is 5.57 Å². The lowest BCUT2D eigenvalue weighted by Gasteiger charge is -2.26. The molecule has 0 aliphatic rings. The van der Waals surface area contributed by atoms with Crippen LogP contribution in [-0.4, -0.2) is 5.92 Å². The van der Waals surface area contributed by atoms with Crippen molar-refractivity contribution < 1.29 is 8.78 Å². The minimum Gasteiger partial charge on any atom is -0.202 e. The molecule has 0 aliphatic carbocycles. The molecule has 0 radical (unpaired) electrons. The summed E-state index contributed by atoms with van der Waals surface area (Å²) in [5.74, 6) is -2.75. The van der Waals surface area contributed by atoms with E-state index >= 15 is 0 Å². The summed E-state index contributed by atoms with van der Waals surface area (Å²) >= 11 is 0. The van der Waals surface area contributed by atoms with Gasteiger partial charge in [0.2, 0.25) is 0 Å². The Hall–Kier alpha value is -0.660. The van der Waals surface area contributed by atoms with Gasteiger partial charge in [0.05, 0.1) is 0 Å². The van der Waals surface area contributed by atoms with Gasteiger partial charge in [0.1, 0.15) is 0 Å². The first-order valence-corrected chi connectivity index (χ1v) is 5.84. The molecule has 2 heteroatoms. The van der Waals surface area contributed by atoms with Crippen molar-refractivity contribution in [1.82, 2.24) is 0 Å². The number of halogens is 2. The van der Waals surface area contributed by atoms with Crippen LogP contribution in [0.1, 0.15) is 55.4 Å². The van der Waals surface area contributed by atoms with Crippen LogP contribution in [-0.2, 0) is 0 Å². The Balaban J connectivity index is 0. The van der Waals surface area contributed by atoms with Gasteiger partial charge in [-0.2, -0.15) is 0 Å². The van der Waals surface area contributed by atoms with Crippen LogP contribution in [0, 0.1) is 10.8 Å². The Morgan fingerprint density at radius 3 is 1.00 bits per heavy atom. The van der Waals surface area contributed by atoms with Gasteiger partial charge in [0.15, 0.2) is 0 Å². The van der Waals surface area contributed by atoms with Crippen molar-refractivity contribution in [2.24, 2.45) is 10.8 Å². The second-order valence-electron chi connectivity index (χ2n) is 6.65. The predicted octanol–water partition coefficient (Wildman–Crippen LogP) is 5.85. The van der Waals surface area contributed by atoms with Gasteiger partial charge in [-0.05, 0) is 23.3 Å². The first-order valence-electron chi connectivity index (χ1n) is 5.84. The molecule has 0 nitrogen and oxygen atoms in total. The summed E-state index contributed by atoms with van der Waals surface area (Å²) < 4.78 is 25.0. The van der Waals surface area contributed by atoms with Crippen molar-refractivity contribution in [3.63, 3.8) is 0 Å². The topological polar surface area (TPSA) is 0 Å². The molecular formula is C15H28F2. The van der Waals surface area contributed by atoms with Gasteiger partial charge >= 0.3 is 0 Å². The zero-order valence-corrected chi connectivity index (χ0v) is 12.7. The van der Waals surface area contributed by atoms with Crippen LogP contribution in [0.25, 0.3) is 0 Å². The van der Waals surface area contributed by atoms with Crippen molar-refractivity contribution in [1.29, 1.82) is 0 Å². The van der Waals surface area contributed by atoms with Crippen LogP contribution < -0.4 is 0 Å². The zero-order valence-electron chi connectivity index (χ0n) is 12.7. The Labute approximate surface area is 106 Å². The van der Waals surface area contributed by atoms with Crippen molar-refractivity contribution in [2.75, 3.05) is 0 Å². The molecule has 0 aliphatic heterocycles. The highest BCUT2D eigenvalue weighted by molar-refractivity contribution is 5.13. The fourth-order valence-electron chi connectivity index (χ4n) is 0.658. The van der Waals surface area contributed by atoms with Crippen LogP contribution in [0.4, 0.5) is 8.78 Å². The summed E-state index contributed by atoms with van der Waals surface area (Å²) in [5.41, 5.74) is 1.03. The average Bonchev–Trinajstić information content (AvgIpc) is 1.98. The number of allylic oxidation sites excluding steroid dienone is 2. The molecule has 0 spiro atoms. The summed E-state index contributed by atoms with van der Waals surface area (Å²) in [6.07, 6.45) is 0. The van der Waals surface area contributed by atoms with Gasteiger partial charge in [-0.1, -0.05) is 60.3 Å². The lowest BCUT2D eigenvalue weighted by molar-refractivity contribution is 0.0444. The number of hydrogen-bond acceptors (Lipinski definition) is 0. The van der Waals surface area contributed by atoms with Crippen molar-refractivity contribution in [3.05, 3.63) is 24.3 Å². The smallest absolute Gasteiger partial charge is 0.202 e. The highest BCUT2D eigenvalue weighted by Crippen LogP contribution is 2.35. The molecule has 0 rings (SSSR count). The molecule has 0 fully saturated rings. The van der Waals surface area contributed by atoms with Gasteiger partial charge < -0.3 is 0 Å². The molecule has 0 aromatic heterocycles. The van der Waals surface area contributed by atoms with E-state index in [9.17, 15) is 8.78 Å². The van der Waals surface area contributed by atoms with Crippen LogP contribution in [0.3, 0.4) is 0 Å². The molecule has 0 unspecified atom stereocenters. The van der Waals surface area contributed by atoms with E-state index in [1.165, 1.54) is 5.57 Å². The molecule has 0 heterocycles. The van der Waals surface area contributed by atoms with Gasteiger partial charge in [-0.3, -0.25) is 0 Å². The highest BCUT2D eigenvalue weighted by Gasteiger charge is 2.33. The maximum atomic E-state index is 12.5. The Kier molecular flexibility index (Phi) is 6.37. The predicted molar refractivity (Wildman–Crippen MR) is 73.5 cm³/mol. The average molecular weight is 246 g/mol. The van der Waals surface area contributed by atoms with Gasteiger partial charge in [0, 0.05) is 6.92 Å². The van der Waals surface area contributed by atoms with Crippen LogP contribution in [0.15, 0.2) is 24.3 Å². The molecular weight excluding hydrogens is 218 g/mol. The Morgan fingerprint density at radius 1 is 0.765 bits per heavy atom. The standard InChI is InChI=1S/C8H14F2.C7H14/c1-6(7(2,3)4)8(5,9)10;1-6(2)7(3,4)5/h1H2,2-5H3;1H2,2-5H3. The SMILES string of the molecule is C=C(C(C)(C)C)C(C)(F)F.C=C(C)C(C)(C)C. The van der Waals surface area contributed by atoms with Gasteiger partial charge in [0.25, 0.3) is 5.92 Å². The third kappa shape index (κ3) is 9.08. The normalized spacial score (nSPS) is 12.6. The van der Waals surface area contributed by atoms with E-state index < -0.39 is 11.3 Å². The summed E-state index contributed by atoms with van der Waals surface area (Å²) in [4.78, 5) is 0. The van der Waals surface area contributed by atoms with Crippen molar-refractivity contribution in [2.45, 2.75) is 61.3 Å². The first-order chi connectivity index (χ1) is 7.10. The van der Waals surface area contributed by atoms with E-state index in [1.54, 1.807) is 20.8 Å². The first kappa shape index (κ1) is 18.7. The number of rotatable bonds is 1. The fourth-order valence-corrected chi connectivity index (χ4v) is 0.658. The summed E-state index contributed by atoms with van der Waals surface area (Å²) in [6, 6.07) is 0. The second kappa shape index (κ2) is 5.79. The summed E-state index contributed by atoms with van der Waals surface area (Å²) in [6.45, 7) is 21.8. The quantitative estimate of drug-likeness (QED) is 0.509. The number of alkyl halides is 2. The molecule has 17 heavy (non-hydrogen) atoms. The van der Waals surface area contributed by atoms with Gasteiger partial charge in [-0.15, -0.1) is 0 Å². The third-order valence-corrected chi connectivity index (χ3v) is 2.72. The summed E-state index contributed by atoms with van der Waals surface area (Å²) in [5, 5.41) is 0. The minimum atomic E-state index is -2.75. The summed E-state index contributed by atoms with van der Waals surface area (Å²) in [7, 11) is 0. The lowest BCUT2D eigenvalue weighted by Crippen LogP contribution is -2.24. The molecule has 0 atom stereocenters. The molecule has 102 valence electrons. The highest BCUT2D eigenvalue weighted by atomic mass is 19.3. The van der Waals surface area contributed by atoms with E-state index in [2.05, 4.69) is 40.9 Å². The minimum absolute atomic E-state index is 0.0139. The molecule has 0 amide bonds. The van der Waals surface area contributed by atoms with Crippen LogP contribution in [0.5, 0.6) is 0 Å². The fraction of sp³-hybridized carbons (Fsp3) is 0.733. The molecule has 0 saturated carbocycles. The number of hydrogen-bond donors (Lipinski definition) is 0. The lowest BCUT2D eigenvalue weighted by atomic mass is 9.84. The third-order valence-electron chi connectivity index (χ3n) is 2.72. The van der Waals surface area contributed by atoms with Crippen LogP contribution >= 0.6 is 0 Å². The van der Waals surface area contributed by atoms with E-state index in [1.807, 2.05) is 0 Å². The van der Waals surface area contributed by atoms with Gasteiger partial charge in [-0.25, -0.2) is 8.78 Å². The monoisotopic (exact) mass is 246 g/mol. The maximum Gasteiger partial charge on any atom is 0.266 e. The molecule has 0 N–H and O–H groups in total. The Morgan fingerprint density at radius 2 is 1.00 bits per heavy atom. The molecule has 0 bridgehead atoms.